The zero-order valence-electron chi connectivity index (χ0n) is 10.2. The number of nitrogens with zero attached hydrogens (tertiary/aromatic N) is 1. The van der Waals surface area contributed by atoms with Crippen LogP contribution in [0.5, 0.6) is 0 Å². The molecule has 0 fully saturated rings. The van der Waals surface area contributed by atoms with E-state index >= 15 is 0 Å². The lowest BCUT2D eigenvalue weighted by atomic mass is 10.1. The van der Waals surface area contributed by atoms with Crippen LogP contribution in [-0.2, 0) is 6.42 Å². The van der Waals surface area contributed by atoms with Gasteiger partial charge in [-0.15, -0.1) is 11.3 Å². The van der Waals surface area contributed by atoms with Crippen LogP contribution in [0.4, 0.5) is 0 Å². The first-order chi connectivity index (χ1) is 9.33. The van der Waals surface area contributed by atoms with E-state index in [9.17, 15) is 0 Å². The maximum absolute atomic E-state index is 4.62. The molecule has 3 rings (SSSR count). The first-order valence-electron chi connectivity index (χ1n) is 6.07. The van der Waals surface area contributed by atoms with E-state index in [-0.39, 0.29) is 0 Å². The number of hydrogen-bond donors (Lipinski definition) is 0. The standard InChI is InChI=1S/C16H12BrNS/c17-16-18-14(11-12-7-3-1-4-8-12)15(19-16)13-9-5-2-6-10-13/h1-10H,11H2. The molecule has 0 bridgehead atoms. The summed E-state index contributed by atoms with van der Waals surface area (Å²) in [5.41, 5.74) is 3.66. The zero-order chi connectivity index (χ0) is 13.1. The molecular weight excluding hydrogens is 318 g/mol. The van der Waals surface area contributed by atoms with E-state index in [0.29, 0.717) is 0 Å². The van der Waals surface area contributed by atoms with E-state index in [4.69, 9.17) is 0 Å². The Morgan fingerprint density at radius 3 is 2.21 bits per heavy atom. The highest BCUT2D eigenvalue weighted by Gasteiger charge is 2.12. The molecular formula is C16H12BrNS. The third kappa shape index (κ3) is 2.94. The van der Waals surface area contributed by atoms with Crippen molar-refractivity contribution in [3.05, 3.63) is 75.8 Å². The second kappa shape index (κ2) is 5.68. The van der Waals surface area contributed by atoms with E-state index in [1.54, 1.807) is 11.3 Å². The van der Waals surface area contributed by atoms with Crippen LogP contribution in [0.1, 0.15) is 11.3 Å². The molecule has 2 aromatic carbocycles. The van der Waals surface area contributed by atoms with Crippen LogP contribution in [0.25, 0.3) is 10.4 Å². The summed E-state index contributed by atoms with van der Waals surface area (Å²) in [4.78, 5) is 5.86. The minimum Gasteiger partial charge on any atom is -0.233 e. The van der Waals surface area contributed by atoms with Gasteiger partial charge in [-0.05, 0) is 27.1 Å². The Bertz CT molecular complexity index is 662. The van der Waals surface area contributed by atoms with Crippen LogP contribution >= 0.6 is 27.3 Å². The van der Waals surface area contributed by atoms with Gasteiger partial charge in [0.2, 0.25) is 0 Å². The quantitative estimate of drug-likeness (QED) is 0.646. The molecule has 0 N–H and O–H groups in total. The number of halogens is 1. The van der Waals surface area contributed by atoms with E-state index in [1.807, 2.05) is 12.1 Å². The smallest absolute Gasteiger partial charge is 0.159 e. The number of benzene rings is 2. The molecule has 3 heteroatoms. The third-order valence-electron chi connectivity index (χ3n) is 2.92. The van der Waals surface area contributed by atoms with Gasteiger partial charge in [0.15, 0.2) is 3.92 Å². The van der Waals surface area contributed by atoms with Gasteiger partial charge in [0.1, 0.15) is 0 Å². The first-order valence-corrected chi connectivity index (χ1v) is 7.68. The number of hydrogen-bond acceptors (Lipinski definition) is 2. The van der Waals surface area contributed by atoms with Crippen LogP contribution in [0.2, 0.25) is 0 Å². The summed E-state index contributed by atoms with van der Waals surface area (Å²) in [6.45, 7) is 0. The molecule has 0 aliphatic carbocycles. The van der Waals surface area contributed by atoms with Crippen molar-refractivity contribution in [2.24, 2.45) is 0 Å². The summed E-state index contributed by atoms with van der Waals surface area (Å²) >= 11 is 5.19. The van der Waals surface area contributed by atoms with E-state index in [2.05, 4.69) is 69.4 Å². The van der Waals surface area contributed by atoms with Gasteiger partial charge in [-0.2, -0.15) is 0 Å². The molecule has 1 nitrogen and oxygen atoms in total. The van der Waals surface area contributed by atoms with Crippen LogP contribution in [0.3, 0.4) is 0 Å². The maximum atomic E-state index is 4.62. The zero-order valence-corrected chi connectivity index (χ0v) is 12.6. The Kier molecular flexibility index (Phi) is 3.76. The monoisotopic (exact) mass is 329 g/mol. The van der Waals surface area contributed by atoms with E-state index < -0.39 is 0 Å². The van der Waals surface area contributed by atoms with Gasteiger partial charge in [-0.25, -0.2) is 4.98 Å². The molecule has 1 aromatic heterocycles. The SMILES string of the molecule is Brc1nc(Cc2ccccc2)c(-c2ccccc2)s1. The van der Waals surface area contributed by atoms with Gasteiger partial charge in [0.25, 0.3) is 0 Å². The molecule has 0 aliphatic rings. The van der Waals surface area contributed by atoms with Crippen molar-refractivity contribution in [1.29, 1.82) is 0 Å². The maximum Gasteiger partial charge on any atom is 0.159 e. The molecule has 0 amide bonds. The van der Waals surface area contributed by atoms with Crippen LogP contribution in [0.15, 0.2) is 64.6 Å². The van der Waals surface area contributed by atoms with Crippen molar-refractivity contribution in [3.63, 3.8) is 0 Å². The molecule has 19 heavy (non-hydrogen) atoms. The van der Waals surface area contributed by atoms with Crippen molar-refractivity contribution < 1.29 is 0 Å². The predicted octanol–water partition coefficient (Wildman–Crippen LogP) is 5.16. The average Bonchev–Trinajstić information content (AvgIpc) is 2.82. The average molecular weight is 330 g/mol. The summed E-state index contributed by atoms with van der Waals surface area (Å²) in [7, 11) is 0. The van der Waals surface area contributed by atoms with Gasteiger partial charge in [0.05, 0.1) is 10.6 Å². The molecule has 0 spiro atoms. The molecule has 0 unspecified atom stereocenters. The highest BCUT2D eigenvalue weighted by Crippen LogP contribution is 2.34. The Hall–Kier alpha value is -1.45. The summed E-state index contributed by atoms with van der Waals surface area (Å²) in [5, 5.41) is 0. The highest BCUT2D eigenvalue weighted by atomic mass is 79.9. The summed E-state index contributed by atoms with van der Waals surface area (Å²) in [5.74, 6) is 0. The van der Waals surface area contributed by atoms with Crippen molar-refractivity contribution in [2.45, 2.75) is 6.42 Å². The second-order valence-corrected chi connectivity index (χ2v) is 6.55. The lowest BCUT2D eigenvalue weighted by molar-refractivity contribution is 1.10. The molecule has 0 atom stereocenters. The van der Waals surface area contributed by atoms with Crippen molar-refractivity contribution in [1.82, 2.24) is 4.98 Å². The largest absolute Gasteiger partial charge is 0.233 e. The summed E-state index contributed by atoms with van der Waals surface area (Å²) < 4.78 is 0.942. The Labute approximate surface area is 125 Å². The van der Waals surface area contributed by atoms with Gasteiger partial charge in [-0.3, -0.25) is 0 Å². The van der Waals surface area contributed by atoms with Crippen molar-refractivity contribution in [3.8, 4) is 10.4 Å². The fourth-order valence-corrected chi connectivity index (χ4v) is 3.56. The second-order valence-electron chi connectivity index (χ2n) is 4.27. The predicted molar refractivity (Wildman–Crippen MR) is 84.5 cm³/mol. The van der Waals surface area contributed by atoms with Crippen molar-refractivity contribution in [2.75, 3.05) is 0 Å². The fourth-order valence-electron chi connectivity index (χ4n) is 2.05. The molecule has 1 heterocycles. The Morgan fingerprint density at radius 1 is 0.895 bits per heavy atom. The lowest BCUT2D eigenvalue weighted by Crippen LogP contribution is -1.90. The molecule has 94 valence electrons. The van der Waals surface area contributed by atoms with Crippen LogP contribution < -0.4 is 0 Å². The summed E-state index contributed by atoms with van der Waals surface area (Å²) in [6.07, 6.45) is 0.868. The van der Waals surface area contributed by atoms with Gasteiger partial charge < -0.3 is 0 Å². The molecule has 0 aliphatic heterocycles. The van der Waals surface area contributed by atoms with Crippen LogP contribution in [0, 0.1) is 0 Å². The minimum absolute atomic E-state index is 0.868. The molecule has 3 aromatic rings. The van der Waals surface area contributed by atoms with Gasteiger partial charge in [0, 0.05) is 6.42 Å². The van der Waals surface area contributed by atoms with Crippen LogP contribution in [-0.4, -0.2) is 4.98 Å². The Morgan fingerprint density at radius 2 is 1.53 bits per heavy atom. The minimum atomic E-state index is 0.868. The number of thiazole rings is 1. The molecule has 0 saturated carbocycles. The first kappa shape index (κ1) is 12.6. The van der Waals surface area contributed by atoms with E-state index in [0.717, 1.165) is 16.0 Å². The normalized spacial score (nSPS) is 10.6. The Balaban J connectivity index is 1.99. The van der Waals surface area contributed by atoms with Gasteiger partial charge in [-0.1, -0.05) is 60.7 Å². The fraction of sp³-hybridized carbons (Fsp3) is 0.0625. The van der Waals surface area contributed by atoms with Gasteiger partial charge >= 0.3 is 0 Å². The van der Waals surface area contributed by atoms with Crippen molar-refractivity contribution >= 4 is 27.3 Å². The topological polar surface area (TPSA) is 12.9 Å². The lowest BCUT2D eigenvalue weighted by Gasteiger charge is -2.02. The molecule has 0 saturated heterocycles. The molecule has 0 radical (unpaired) electrons. The number of rotatable bonds is 3. The summed E-state index contributed by atoms with van der Waals surface area (Å²) in [6, 6.07) is 20.9. The van der Waals surface area contributed by atoms with E-state index in [1.165, 1.54) is 16.0 Å². The highest BCUT2D eigenvalue weighted by molar-refractivity contribution is 9.11. The number of aromatic nitrogens is 1. The third-order valence-corrected chi connectivity index (χ3v) is 4.52.